The van der Waals surface area contributed by atoms with E-state index in [0.717, 1.165) is 27.8 Å². The van der Waals surface area contributed by atoms with Crippen LogP contribution in [0.15, 0.2) is 159 Å². The summed E-state index contributed by atoms with van der Waals surface area (Å²) in [5, 5.41) is 0. The molecular weight excluding hydrogens is 522 g/mol. The maximum Gasteiger partial charge on any atom is 0.0273 e. The van der Waals surface area contributed by atoms with Gasteiger partial charge in [0.15, 0.2) is 0 Å². The average molecular weight is 552 g/mol. The monoisotopic (exact) mass is 551 g/mol. The molecule has 0 N–H and O–H groups in total. The number of aryl methyl sites for hydroxylation is 1. The minimum atomic E-state index is 1.14. The van der Waals surface area contributed by atoms with Gasteiger partial charge in [-0.15, -0.1) is 0 Å². The third-order valence-corrected chi connectivity index (χ3v) is 7.76. The van der Waals surface area contributed by atoms with Crippen molar-refractivity contribution in [3.8, 4) is 66.8 Å². The third kappa shape index (κ3) is 5.74. The molecule has 3 heterocycles. The fourth-order valence-corrected chi connectivity index (χ4v) is 5.64. The molecular formula is C40H29N3. The first kappa shape index (κ1) is 26.2. The van der Waals surface area contributed by atoms with Gasteiger partial charge in [0, 0.05) is 37.2 Å². The Hall–Kier alpha value is -5.67. The van der Waals surface area contributed by atoms with Gasteiger partial charge < -0.3 is 0 Å². The molecule has 0 aliphatic heterocycles. The first-order valence-electron chi connectivity index (χ1n) is 14.4. The van der Waals surface area contributed by atoms with Crippen molar-refractivity contribution in [3.05, 3.63) is 164 Å². The van der Waals surface area contributed by atoms with Gasteiger partial charge in [-0.3, -0.25) is 15.0 Å². The Kier molecular flexibility index (Phi) is 7.12. The van der Waals surface area contributed by atoms with Crippen LogP contribution in [0.25, 0.3) is 66.8 Å². The lowest BCUT2D eigenvalue weighted by molar-refractivity contribution is 1.33. The predicted molar refractivity (Wildman–Crippen MR) is 177 cm³/mol. The zero-order valence-corrected chi connectivity index (χ0v) is 23.9. The van der Waals surface area contributed by atoms with Crippen LogP contribution < -0.4 is 0 Å². The molecule has 0 spiro atoms. The molecule has 7 rings (SSSR count). The van der Waals surface area contributed by atoms with Gasteiger partial charge in [-0.2, -0.15) is 0 Å². The number of hydrogen-bond acceptors (Lipinski definition) is 3. The molecule has 0 unspecified atom stereocenters. The molecule has 7 aromatic rings. The second-order valence-corrected chi connectivity index (χ2v) is 10.8. The van der Waals surface area contributed by atoms with Crippen molar-refractivity contribution in [1.82, 2.24) is 15.0 Å². The smallest absolute Gasteiger partial charge is 0.0273 e. The van der Waals surface area contributed by atoms with E-state index in [1.54, 1.807) is 0 Å². The van der Waals surface area contributed by atoms with Gasteiger partial charge in [0.2, 0.25) is 0 Å². The van der Waals surface area contributed by atoms with E-state index >= 15 is 0 Å². The minimum Gasteiger partial charge on any atom is -0.265 e. The van der Waals surface area contributed by atoms with Crippen molar-refractivity contribution in [3.63, 3.8) is 0 Å². The van der Waals surface area contributed by atoms with E-state index in [1.807, 2.05) is 37.2 Å². The van der Waals surface area contributed by atoms with Crippen LogP contribution in [0.5, 0.6) is 0 Å². The molecule has 3 nitrogen and oxygen atoms in total. The zero-order valence-electron chi connectivity index (χ0n) is 23.9. The third-order valence-electron chi connectivity index (χ3n) is 7.76. The van der Waals surface area contributed by atoms with Crippen LogP contribution >= 0.6 is 0 Å². The maximum absolute atomic E-state index is 4.24. The maximum atomic E-state index is 4.24. The number of rotatable bonds is 6. The van der Waals surface area contributed by atoms with E-state index in [4.69, 9.17) is 0 Å². The van der Waals surface area contributed by atoms with Gasteiger partial charge in [-0.1, -0.05) is 42.5 Å². The normalized spacial score (nSPS) is 10.9. The second kappa shape index (κ2) is 11.7. The van der Waals surface area contributed by atoms with E-state index in [1.165, 1.54) is 44.5 Å². The van der Waals surface area contributed by atoms with Gasteiger partial charge in [-0.25, -0.2) is 0 Å². The highest BCUT2D eigenvalue weighted by atomic mass is 14.6. The summed E-state index contributed by atoms with van der Waals surface area (Å²) in [6, 6.07) is 43.5. The first-order chi connectivity index (χ1) is 21.2. The van der Waals surface area contributed by atoms with Crippen molar-refractivity contribution in [1.29, 1.82) is 0 Å². The summed E-state index contributed by atoms with van der Waals surface area (Å²) in [7, 11) is 0. The number of aromatic nitrogens is 3. The zero-order chi connectivity index (χ0) is 29.0. The van der Waals surface area contributed by atoms with E-state index in [0.29, 0.717) is 0 Å². The average Bonchev–Trinajstić information content (AvgIpc) is 3.09. The fourth-order valence-electron chi connectivity index (χ4n) is 5.64. The Labute approximate surface area is 252 Å². The Morgan fingerprint density at radius 2 is 0.535 bits per heavy atom. The molecule has 0 aliphatic rings. The van der Waals surface area contributed by atoms with Gasteiger partial charge in [0.1, 0.15) is 0 Å². The van der Waals surface area contributed by atoms with Gasteiger partial charge in [0.25, 0.3) is 0 Å². The molecule has 0 radical (unpaired) electrons. The highest BCUT2D eigenvalue weighted by Crippen LogP contribution is 2.37. The largest absolute Gasteiger partial charge is 0.265 e. The van der Waals surface area contributed by atoms with Gasteiger partial charge in [-0.05, 0) is 158 Å². The number of nitrogens with zero attached hydrogens (tertiary/aromatic N) is 3. The topological polar surface area (TPSA) is 38.7 Å². The van der Waals surface area contributed by atoms with Crippen LogP contribution in [0.2, 0.25) is 0 Å². The van der Waals surface area contributed by atoms with Gasteiger partial charge >= 0.3 is 0 Å². The minimum absolute atomic E-state index is 1.14. The highest BCUT2D eigenvalue weighted by molar-refractivity contribution is 5.85. The summed E-state index contributed by atoms with van der Waals surface area (Å²) in [5.74, 6) is 0. The lowest BCUT2D eigenvalue weighted by atomic mass is 9.90. The molecule has 0 amide bonds. The summed E-state index contributed by atoms with van der Waals surface area (Å²) < 4.78 is 0. The summed E-state index contributed by atoms with van der Waals surface area (Å²) in [5.41, 5.74) is 15.2. The summed E-state index contributed by atoms with van der Waals surface area (Å²) in [6.07, 6.45) is 11.1. The Morgan fingerprint density at radius 3 is 0.860 bits per heavy atom. The standard InChI is InChI=1S/C40H29N3/c1-28-19-33(39-24-35(29-5-3-2-4-6-29)22-36(25-39)30-7-13-41-14-8-30)21-34(20-28)40-26-37(31-9-15-42-16-10-31)23-38(27-40)32-11-17-43-18-12-32/h2-27H,1H3. The van der Waals surface area contributed by atoms with Crippen LogP contribution in [0.4, 0.5) is 0 Å². The van der Waals surface area contributed by atoms with E-state index < -0.39 is 0 Å². The number of pyridine rings is 3. The summed E-state index contributed by atoms with van der Waals surface area (Å²) in [6.45, 7) is 2.17. The van der Waals surface area contributed by atoms with Crippen LogP contribution in [0, 0.1) is 6.92 Å². The van der Waals surface area contributed by atoms with Crippen LogP contribution in [0.3, 0.4) is 0 Å². The predicted octanol–water partition coefficient (Wildman–Crippen LogP) is 10.2. The fraction of sp³-hybridized carbons (Fsp3) is 0.0250. The molecule has 204 valence electrons. The molecule has 0 bridgehead atoms. The molecule has 0 saturated heterocycles. The van der Waals surface area contributed by atoms with E-state index in [-0.39, 0.29) is 0 Å². The first-order valence-corrected chi connectivity index (χ1v) is 14.4. The lowest BCUT2D eigenvalue weighted by Gasteiger charge is -2.15. The van der Waals surface area contributed by atoms with Gasteiger partial charge in [0.05, 0.1) is 0 Å². The van der Waals surface area contributed by atoms with Crippen LogP contribution in [-0.4, -0.2) is 15.0 Å². The molecule has 3 heteroatoms. The summed E-state index contributed by atoms with van der Waals surface area (Å²) >= 11 is 0. The van der Waals surface area contributed by atoms with Crippen LogP contribution in [-0.2, 0) is 0 Å². The molecule has 0 aliphatic carbocycles. The van der Waals surface area contributed by atoms with E-state index in [9.17, 15) is 0 Å². The lowest BCUT2D eigenvalue weighted by Crippen LogP contribution is -1.90. The van der Waals surface area contributed by atoms with Crippen molar-refractivity contribution in [2.45, 2.75) is 6.92 Å². The van der Waals surface area contributed by atoms with Crippen molar-refractivity contribution < 1.29 is 0 Å². The van der Waals surface area contributed by atoms with Crippen molar-refractivity contribution in [2.24, 2.45) is 0 Å². The molecule has 4 aromatic carbocycles. The molecule has 43 heavy (non-hydrogen) atoms. The summed E-state index contributed by atoms with van der Waals surface area (Å²) in [4.78, 5) is 12.7. The molecule has 3 aromatic heterocycles. The highest BCUT2D eigenvalue weighted by Gasteiger charge is 2.12. The van der Waals surface area contributed by atoms with E-state index in [2.05, 4.69) is 143 Å². The quantitative estimate of drug-likeness (QED) is 0.206. The SMILES string of the molecule is Cc1cc(-c2cc(-c3ccccc3)cc(-c3ccncc3)c2)cc(-c2cc(-c3ccncc3)cc(-c3ccncc3)c2)c1. The Balaban J connectivity index is 1.40. The van der Waals surface area contributed by atoms with Crippen LogP contribution in [0.1, 0.15) is 5.56 Å². The number of benzene rings is 4. The van der Waals surface area contributed by atoms with Crippen molar-refractivity contribution >= 4 is 0 Å². The van der Waals surface area contributed by atoms with Crippen molar-refractivity contribution in [2.75, 3.05) is 0 Å². The number of hydrogen-bond donors (Lipinski definition) is 0. The molecule has 0 fully saturated rings. The Bertz CT molecular complexity index is 1740. The Morgan fingerprint density at radius 1 is 0.279 bits per heavy atom. The molecule has 0 atom stereocenters. The second-order valence-electron chi connectivity index (χ2n) is 10.8. The molecule has 0 saturated carbocycles.